The van der Waals surface area contributed by atoms with Crippen LogP contribution in [0.2, 0.25) is 0 Å². The number of carbonyl (C=O) groups excluding carboxylic acids is 1. The van der Waals surface area contributed by atoms with Crippen LogP contribution in [0.15, 0.2) is 29.2 Å². The smallest absolute Gasteiger partial charge is 0.240 e. The Labute approximate surface area is 121 Å². The van der Waals surface area contributed by atoms with E-state index < -0.39 is 6.04 Å². The number of nitrogens with two attached hydrogens (primary N) is 1. The maximum atomic E-state index is 12.3. The molecule has 0 aliphatic carbocycles. The summed E-state index contributed by atoms with van der Waals surface area (Å²) in [6.07, 6.45) is 2.15. The zero-order valence-electron chi connectivity index (χ0n) is 12.6. The van der Waals surface area contributed by atoms with Crippen LogP contribution in [0.3, 0.4) is 0 Å². The summed E-state index contributed by atoms with van der Waals surface area (Å²) < 4.78 is 5.54. The van der Waals surface area contributed by atoms with Crippen molar-refractivity contribution in [2.45, 2.75) is 25.9 Å². The molecule has 0 bridgehead atoms. The minimum absolute atomic E-state index is 0.0687. The summed E-state index contributed by atoms with van der Waals surface area (Å²) in [5.41, 5.74) is 5.89. The number of hydrogen-bond acceptors (Lipinski definition) is 4. The van der Waals surface area contributed by atoms with Gasteiger partial charge in [-0.3, -0.25) is 4.79 Å². The highest BCUT2D eigenvalue weighted by Gasteiger charge is 2.21. The highest BCUT2D eigenvalue weighted by molar-refractivity contribution is 5.81. The minimum atomic E-state index is -0.536. The average molecular weight is 279 g/mol. The molecule has 112 valence electrons. The predicted octanol–water partition coefficient (Wildman–Crippen LogP) is 1.38. The lowest BCUT2D eigenvalue weighted by Gasteiger charge is -2.26. The first-order valence-electron chi connectivity index (χ1n) is 6.79. The van der Waals surface area contributed by atoms with Gasteiger partial charge in [-0.25, -0.2) is 0 Å². The van der Waals surface area contributed by atoms with Crippen molar-refractivity contribution in [1.29, 1.82) is 0 Å². The SMILES string of the molecule is C=CCC(N)C(=O)N(CCN(C)C)Cc1ccc(C)o1. The van der Waals surface area contributed by atoms with Crippen molar-refractivity contribution in [3.05, 3.63) is 36.3 Å². The van der Waals surface area contributed by atoms with Crippen LogP contribution in [0, 0.1) is 6.92 Å². The molecular weight excluding hydrogens is 254 g/mol. The molecule has 5 nitrogen and oxygen atoms in total. The Morgan fingerprint density at radius 2 is 2.15 bits per heavy atom. The Bertz CT molecular complexity index is 440. The van der Waals surface area contributed by atoms with Gasteiger partial charge in [0.15, 0.2) is 0 Å². The number of aryl methyl sites for hydroxylation is 1. The average Bonchev–Trinajstić information content (AvgIpc) is 2.79. The predicted molar refractivity (Wildman–Crippen MR) is 80.2 cm³/mol. The fraction of sp³-hybridized carbons (Fsp3) is 0.533. The molecule has 1 unspecified atom stereocenters. The third-order valence-corrected chi connectivity index (χ3v) is 3.01. The summed E-state index contributed by atoms with van der Waals surface area (Å²) in [6.45, 7) is 7.37. The molecule has 5 heteroatoms. The maximum absolute atomic E-state index is 12.3. The van der Waals surface area contributed by atoms with Crippen LogP contribution in [0.25, 0.3) is 0 Å². The third kappa shape index (κ3) is 5.19. The van der Waals surface area contributed by atoms with E-state index in [1.807, 2.05) is 38.1 Å². The summed E-state index contributed by atoms with van der Waals surface area (Å²) in [5.74, 6) is 1.55. The van der Waals surface area contributed by atoms with Crippen LogP contribution < -0.4 is 5.73 Å². The molecule has 1 atom stereocenters. The quantitative estimate of drug-likeness (QED) is 0.730. The van der Waals surface area contributed by atoms with Gasteiger partial charge in [-0.05, 0) is 39.6 Å². The highest BCUT2D eigenvalue weighted by Crippen LogP contribution is 2.11. The molecule has 1 amide bonds. The molecular formula is C15H25N3O2. The number of furan rings is 1. The minimum Gasteiger partial charge on any atom is -0.464 e. The van der Waals surface area contributed by atoms with Crippen LogP contribution in [0.1, 0.15) is 17.9 Å². The molecule has 0 saturated heterocycles. The van der Waals surface area contributed by atoms with E-state index in [0.29, 0.717) is 19.5 Å². The van der Waals surface area contributed by atoms with E-state index in [1.54, 1.807) is 11.0 Å². The van der Waals surface area contributed by atoms with Crippen molar-refractivity contribution in [3.63, 3.8) is 0 Å². The van der Waals surface area contributed by atoms with E-state index in [9.17, 15) is 4.79 Å². The van der Waals surface area contributed by atoms with E-state index in [2.05, 4.69) is 6.58 Å². The molecule has 0 fully saturated rings. The Morgan fingerprint density at radius 1 is 1.45 bits per heavy atom. The van der Waals surface area contributed by atoms with E-state index in [0.717, 1.165) is 18.1 Å². The largest absolute Gasteiger partial charge is 0.464 e. The van der Waals surface area contributed by atoms with E-state index in [1.165, 1.54) is 0 Å². The third-order valence-electron chi connectivity index (χ3n) is 3.01. The highest BCUT2D eigenvalue weighted by atomic mass is 16.3. The fourth-order valence-electron chi connectivity index (χ4n) is 1.86. The number of likely N-dealkylation sites (N-methyl/N-ethyl adjacent to an activating group) is 1. The summed E-state index contributed by atoms with van der Waals surface area (Å²) in [6, 6.07) is 3.25. The van der Waals surface area contributed by atoms with Gasteiger partial charge in [-0.15, -0.1) is 6.58 Å². The van der Waals surface area contributed by atoms with Crippen LogP contribution in [0.4, 0.5) is 0 Å². The van der Waals surface area contributed by atoms with Crippen molar-refractivity contribution < 1.29 is 9.21 Å². The molecule has 1 aromatic rings. The second kappa shape index (κ2) is 7.87. The van der Waals surface area contributed by atoms with Crippen LogP contribution >= 0.6 is 0 Å². The lowest BCUT2D eigenvalue weighted by molar-refractivity contribution is -0.133. The fourth-order valence-corrected chi connectivity index (χ4v) is 1.86. The molecule has 2 N–H and O–H groups in total. The van der Waals surface area contributed by atoms with Crippen LogP contribution in [-0.2, 0) is 11.3 Å². The van der Waals surface area contributed by atoms with E-state index in [-0.39, 0.29) is 5.91 Å². The van der Waals surface area contributed by atoms with Gasteiger partial charge in [0.1, 0.15) is 11.5 Å². The van der Waals surface area contributed by atoms with Gasteiger partial charge >= 0.3 is 0 Å². The maximum Gasteiger partial charge on any atom is 0.240 e. The second-order valence-corrected chi connectivity index (χ2v) is 5.21. The molecule has 20 heavy (non-hydrogen) atoms. The first-order chi connectivity index (χ1) is 9.43. The lowest BCUT2D eigenvalue weighted by Crippen LogP contribution is -2.45. The molecule has 0 aromatic carbocycles. The van der Waals surface area contributed by atoms with Gasteiger partial charge in [0.25, 0.3) is 0 Å². The molecule has 0 spiro atoms. The van der Waals surface area contributed by atoms with Gasteiger partial charge in [0, 0.05) is 13.1 Å². The van der Waals surface area contributed by atoms with Crippen molar-refractivity contribution in [1.82, 2.24) is 9.80 Å². The molecule has 1 aromatic heterocycles. The first-order valence-corrected chi connectivity index (χ1v) is 6.79. The Balaban J connectivity index is 2.73. The second-order valence-electron chi connectivity index (χ2n) is 5.21. The Kier molecular flexibility index (Phi) is 6.48. The van der Waals surface area contributed by atoms with Gasteiger partial charge < -0.3 is 20.0 Å². The molecule has 0 aliphatic rings. The van der Waals surface area contributed by atoms with Gasteiger partial charge in [-0.1, -0.05) is 6.08 Å². The normalized spacial score (nSPS) is 12.4. The van der Waals surface area contributed by atoms with Gasteiger partial charge in [0.2, 0.25) is 5.91 Å². The standard InChI is InChI=1S/C15H25N3O2/c1-5-6-14(16)15(19)18(10-9-17(3)4)11-13-8-7-12(2)20-13/h5,7-8,14H,1,6,9-11,16H2,2-4H3. The van der Waals surface area contributed by atoms with Crippen molar-refractivity contribution in [3.8, 4) is 0 Å². The Morgan fingerprint density at radius 3 is 2.65 bits per heavy atom. The summed E-state index contributed by atoms with van der Waals surface area (Å²) in [5, 5.41) is 0. The van der Waals surface area contributed by atoms with Gasteiger partial charge in [0.05, 0.1) is 12.6 Å². The molecule has 0 saturated carbocycles. The lowest BCUT2D eigenvalue weighted by atomic mass is 10.2. The van der Waals surface area contributed by atoms with Crippen LogP contribution in [0.5, 0.6) is 0 Å². The van der Waals surface area contributed by atoms with Crippen LogP contribution in [-0.4, -0.2) is 48.9 Å². The number of carbonyl (C=O) groups is 1. The molecule has 0 aliphatic heterocycles. The summed E-state index contributed by atoms with van der Waals surface area (Å²) >= 11 is 0. The Hall–Kier alpha value is -1.59. The van der Waals surface area contributed by atoms with Crippen molar-refractivity contribution in [2.75, 3.05) is 27.2 Å². The summed E-state index contributed by atoms with van der Waals surface area (Å²) in [4.78, 5) is 16.1. The van der Waals surface area contributed by atoms with E-state index >= 15 is 0 Å². The first kappa shape index (κ1) is 16.5. The topological polar surface area (TPSA) is 62.7 Å². The van der Waals surface area contributed by atoms with Crippen molar-refractivity contribution >= 4 is 5.91 Å². The number of amides is 1. The number of hydrogen-bond donors (Lipinski definition) is 1. The zero-order valence-corrected chi connectivity index (χ0v) is 12.6. The number of rotatable bonds is 8. The zero-order chi connectivity index (χ0) is 15.1. The summed E-state index contributed by atoms with van der Waals surface area (Å²) in [7, 11) is 3.95. The number of nitrogens with zero attached hydrogens (tertiary/aromatic N) is 2. The molecule has 1 heterocycles. The molecule has 1 rings (SSSR count). The van der Waals surface area contributed by atoms with Crippen molar-refractivity contribution in [2.24, 2.45) is 5.73 Å². The van der Waals surface area contributed by atoms with Gasteiger partial charge in [-0.2, -0.15) is 0 Å². The van der Waals surface area contributed by atoms with E-state index in [4.69, 9.17) is 10.2 Å². The molecule has 0 radical (unpaired) electrons. The monoisotopic (exact) mass is 279 g/mol.